The highest BCUT2D eigenvalue weighted by Crippen LogP contribution is 2.20. The Kier molecular flexibility index (Phi) is 5.66. The number of alkyl halides is 1. The molecule has 6 heteroatoms. The Morgan fingerprint density at radius 2 is 1.67 bits per heavy atom. The molecule has 0 saturated carbocycles. The first-order valence-electron chi connectivity index (χ1n) is 7.20. The molecule has 1 saturated heterocycles. The largest absolute Gasteiger partial charge is 0.306 e. The summed E-state index contributed by atoms with van der Waals surface area (Å²) >= 11 is 5.74. The van der Waals surface area contributed by atoms with Crippen molar-refractivity contribution in [3.05, 3.63) is 35.4 Å². The van der Waals surface area contributed by atoms with E-state index in [0.29, 0.717) is 25.0 Å². The summed E-state index contributed by atoms with van der Waals surface area (Å²) in [6.07, 6.45) is 1.80. The van der Waals surface area contributed by atoms with Gasteiger partial charge in [0.15, 0.2) is 0 Å². The molecule has 21 heavy (non-hydrogen) atoms. The molecule has 1 aliphatic rings. The summed E-state index contributed by atoms with van der Waals surface area (Å²) in [4.78, 5) is 2.18. The Bertz CT molecular complexity index is 550. The van der Waals surface area contributed by atoms with Gasteiger partial charge in [0.25, 0.3) is 0 Å². The average Bonchev–Trinajstić information content (AvgIpc) is 2.48. The Morgan fingerprint density at radius 3 is 2.14 bits per heavy atom. The van der Waals surface area contributed by atoms with Crippen LogP contribution in [0.5, 0.6) is 0 Å². The van der Waals surface area contributed by atoms with Crippen LogP contribution in [0.25, 0.3) is 0 Å². The maximum absolute atomic E-state index is 12.5. The van der Waals surface area contributed by atoms with Crippen LogP contribution in [0.4, 0.5) is 0 Å². The lowest BCUT2D eigenvalue weighted by molar-refractivity contribution is 0.196. The normalized spacial score (nSPS) is 18.3. The van der Waals surface area contributed by atoms with Crippen molar-refractivity contribution in [3.8, 4) is 0 Å². The van der Waals surface area contributed by atoms with Gasteiger partial charge >= 0.3 is 0 Å². The van der Waals surface area contributed by atoms with Crippen LogP contribution < -0.4 is 0 Å². The summed E-state index contributed by atoms with van der Waals surface area (Å²) < 4.78 is 26.6. The van der Waals surface area contributed by atoms with Crippen LogP contribution in [0.3, 0.4) is 0 Å². The maximum atomic E-state index is 12.5. The topological polar surface area (TPSA) is 40.6 Å². The summed E-state index contributed by atoms with van der Waals surface area (Å²) in [5, 5.41) is 0. The predicted octanol–water partition coefficient (Wildman–Crippen LogP) is 2.28. The zero-order chi connectivity index (χ0) is 15.5. The summed E-state index contributed by atoms with van der Waals surface area (Å²) in [6, 6.07) is 7.95. The number of piperidine rings is 1. The van der Waals surface area contributed by atoms with Crippen molar-refractivity contribution >= 4 is 21.6 Å². The van der Waals surface area contributed by atoms with Gasteiger partial charge in [0.1, 0.15) is 0 Å². The lowest BCUT2D eigenvalue weighted by atomic mass is 10.1. The predicted molar refractivity (Wildman–Crippen MR) is 86.9 cm³/mol. The van der Waals surface area contributed by atoms with Gasteiger partial charge in [-0.3, -0.25) is 0 Å². The van der Waals surface area contributed by atoms with E-state index in [9.17, 15) is 8.42 Å². The van der Waals surface area contributed by atoms with Gasteiger partial charge in [-0.1, -0.05) is 24.3 Å². The van der Waals surface area contributed by atoms with Gasteiger partial charge in [-0.2, -0.15) is 0 Å². The van der Waals surface area contributed by atoms with E-state index in [-0.39, 0.29) is 5.75 Å². The third-order valence-electron chi connectivity index (χ3n) is 4.07. The lowest BCUT2D eigenvalue weighted by Gasteiger charge is -2.34. The molecule has 0 bridgehead atoms. The van der Waals surface area contributed by atoms with Crippen LogP contribution in [-0.2, 0) is 21.7 Å². The van der Waals surface area contributed by atoms with Gasteiger partial charge in [-0.25, -0.2) is 12.7 Å². The molecule has 0 unspecified atom stereocenters. The quantitative estimate of drug-likeness (QED) is 0.778. The second-order valence-corrected chi connectivity index (χ2v) is 8.04. The third kappa shape index (κ3) is 4.42. The first-order chi connectivity index (χ1) is 9.92. The van der Waals surface area contributed by atoms with Crippen molar-refractivity contribution in [2.24, 2.45) is 0 Å². The number of nitrogens with zero attached hydrogens (tertiary/aromatic N) is 2. The lowest BCUT2D eigenvalue weighted by Crippen LogP contribution is -2.44. The Labute approximate surface area is 132 Å². The molecule has 1 fully saturated rings. The van der Waals surface area contributed by atoms with Gasteiger partial charge in [0, 0.05) is 25.0 Å². The Hall–Kier alpha value is -0.620. The maximum Gasteiger partial charge on any atom is 0.218 e. The second-order valence-electron chi connectivity index (χ2n) is 5.80. The van der Waals surface area contributed by atoms with E-state index in [2.05, 4.69) is 4.90 Å². The molecule has 0 atom stereocenters. The minimum Gasteiger partial charge on any atom is -0.306 e. The van der Waals surface area contributed by atoms with E-state index in [1.807, 2.05) is 38.4 Å². The van der Waals surface area contributed by atoms with Crippen molar-refractivity contribution in [3.63, 3.8) is 0 Å². The first kappa shape index (κ1) is 16.7. The summed E-state index contributed by atoms with van der Waals surface area (Å²) in [7, 11) is 0.874. The monoisotopic (exact) mass is 330 g/mol. The van der Waals surface area contributed by atoms with Crippen molar-refractivity contribution < 1.29 is 8.42 Å². The molecule has 0 N–H and O–H groups in total. The van der Waals surface area contributed by atoms with Crippen LogP contribution in [-0.4, -0.2) is 50.8 Å². The highest BCUT2D eigenvalue weighted by atomic mass is 35.5. The minimum atomic E-state index is -3.22. The zero-order valence-corrected chi connectivity index (χ0v) is 14.2. The number of rotatable bonds is 5. The van der Waals surface area contributed by atoms with E-state index >= 15 is 0 Å². The van der Waals surface area contributed by atoms with Crippen molar-refractivity contribution in [2.75, 3.05) is 27.2 Å². The molecule has 2 rings (SSSR count). The average molecular weight is 331 g/mol. The zero-order valence-electron chi connectivity index (χ0n) is 12.6. The second kappa shape index (κ2) is 7.09. The van der Waals surface area contributed by atoms with E-state index in [1.165, 1.54) is 0 Å². The molecule has 0 radical (unpaired) electrons. The number of sulfonamides is 1. The summed E-state index contributed by atoms with van der Waals surface area (Å²) in [5.41, 5.74) is 1.82. The molecule has 1 heterocycles. The van der Waals surface area contributed by atoms with E-state index in [4.69, 9.17) is 11.6 Å². The fourth-order valence-corrected chi connectivity index (χ4v) is 4.40. The fraction of sp³-hybridized carbons (Fsp3) is 0.600. The fourth-order valence-electron chi connectivity index (χ4n) is 2.66. The number of hydrogen-bond donors (Lipinski definition) is 0. The van der Waals surface area contributed by atoms with Crippen LogP contribution in [0.1, 0.15) is 24.0 Å². The first-order valence-corrected chi connectivity index (χ1v) is 9.35. The van der Waals surface area contributed by atoms with E-state index in [1.54, 1.807) is 4.31 Å². The number of halogens is 1. The van der Waals surface area contributed by atoms with Crippen LogP contribution in [0.2, 0.25) is 0 Å². The SMILES string of the molecule is CN(C)C1CCN(S(=O)(=O)Cc2ccc(CCl)cc2)CC1. The van der Waals surface area contributed by atoms with Gasteiger partial charge in [-0.15, -0.1) is 11.6 Å². The molecule has 0 amide bonds. The minimum absolute atomic E-state index is 0.0716. The molecule has 4 nitrogen and oxygen atoms in total. The molecule has 0 spiro atoms. The highest BCUT2D eigenvalue weighted by molar-refractivity contribution is 7.88. The third-order valence-corrected chi connectivity index (χ3v) is 6.23. The summed E-state index contributed by atoms with van der Waals surface area (Å²) in [5.74, 6) is 0.521. The molecular formula is C15H23ClN2O2S. The van der Waals surface area contributed by atoms with E-state index in [0.717, 1.165) is 24.0 Å². The van der Waals surface area contributed by atoms with Gasteiger partial charge in [-0.05, 0) is 38.1 Å². The van der Waals surface area contributed by atoms with Crippen molar-refractivity contribution in [2.45, 2.75) is 30.5 Å². The van der Waals surface area contributed by atoms with Gasteiger partial charge in [0.05, 0.1) is 5.75 Å². The molecule has 1 aliphatic heterocycles. The summed E-state index contributed by atoms with van der Waals surface area (Å²) in [6.45, 7) is 1.23. The van der Waals surface area contributed by atoms with E-state index < -0.39 is 10.0 Å². The number of hydrogen-bond acceptors (Lipinski definition) is 3. The molecule has 0 aliphatic carbocycles. The smallest absolute Gasteiger partial charge is 0.218 e. The van der Waals surface area contributed by atoms with Crippen LogP contribution >= 0.6 is 11.6 Å². The molecule has 1 aromatic rings. The molecule has 118 valence electrons. The Morgan fingerprint density at radius 1 is 1.14 bits per heavy atom. The van der Waals surface area contributed by atoms with Crippen molar-refractivity contribution in [1.29, 1.82) is 0 Å². The van der Waals surface area contributed by atoms with Crippen LogP contribution in [0, 0.1) is 0 Å². The van der Waals surface area contributed by atoms with Gasteiger partial charge in [0.2, 0.25) is 10.0 Å². The van der Waals surface area contributed by atoms with Crippen LogP contribution in [0.15, 0.2) is 24.3 Å². The standard InChI is InChI=1S/C15H23ClN2O2S/c1-17(2)15-7-9-18(10-8-15)21(19,20)12-14-5-3-13(11-16)4-6-14/h3-6,15H,7-12H2,1-2H3. The molecule has 1 aromatic carbocycles. The van der Waals surface area contributed by atoms with Crippen molar-refractivity contribution in [1.82, 2.24) is 9.21 Å². The molecular weight excluding hydrogens is 308 g/mol. The van der Waals surface area contributed by atoms with Gasteiger partial charge < -0.3 is 4.90 Å². The number of benzene rings is 1. The highest BCUT2D eigenvalue weighted by Gasteiger charge is 2.28. The Balaban J connectivity index is 1.98. The molecule has 0 aromatic heterocycles.